The molecule has 468 valence electrons. The van der Waals surface area contributed by atoms with Crippen molar-refractivity contribution < 1.29 is 43.3 Å². The van der Waals surface area contributed by atoms with Gasteiger partial charge in [-0.1, -0.05) is 86.8 Å². The van der Waals surface area contributed by atoms with Crippen LogP contribution in [0.25, 0.3) is 20.7 Å². The molecule has 3 aliphatic rings. The van der Waals surface area contributed by atoms with Crippen LogP contribution in [0.2, 0.25) is 0 Å². The van der Waals surface area contributed by atoms with Crippen molar-refractivity contribution in [2.75, 3.05) is 62.6 Å². The Morgan fingerprint density at radius 3 is 2.40 bits per heavy atom. The number of amides is 4. The fraction of sp³-hybridized carbons (Fsp3) is 0.446. The van der Waals surface area contributed by atoms with Crippen molar-refractivity contribution in [2.24, 2.45) is 5.41 Å². The molecule has 5 N–H and O–H groups in total. The lowest BCUT2D eigenvalue weighted by molar-refractivity contribution is -0.144. The molecular formula is C65H75FN12O8S3. The fourth-order valence-electron chi connectivity index (χ4n) is 11.4. The van der Waals surface area contributed by atoms with Gasteiger partial charge in [-0.15, -0.1) is 32.9 Å². The number of thiazole rings is 3. The van der Waals surface area contributed by atoms with Crippen LogP contribution in [0, 0.1) is 36.9 Å². The summed E-state index contributed by atoms with van der Waals surface area (Å²) in [4.78, 5) is 89.4. The molecule has 4 amide bonds. The molecular weight excluding hydrogens is 1190 g/mol. The number of aliphatic hydroxyl groups is 1. The summed E-state index contributed by atoms with van der Waals surface area (Å²) in [6.45, 7) is 15.0. The Hall–Kier alpha value is -7.95. The number of aliphatic hydroxyl groups excluding tert-OH is 1. The van der Waals surface area contributed by atoms with Gasteiger partial charge in [0.2, 0.25) is 23.6 Å². The summed E-state index contributed by atoms with van der Waals surface area (Å²) in [5.41, 5.74) is 7.35. The number of fused-ring (bicyclic) bond motifs is 2. The molecule has 7 heterocycles. The zero-order valence-electron chi connectivity index (χ0n) is 50.9. The second-order valence-corrected chi connectivity index (χ2v) is 26.9. The van der Waals surface area contributed by atoms with Gasteiger partial charge in [0, 0.05) is 80.1 Å². The first kappa shape index (κ1) is 64.0. The number of unbranched alkanes of at least 4 members (excludes halogenated alkanes) is 2. The summed E-state index contributed by atoms with van der Waals surface area (Å²) < 4.78 is 22.2. The minimum Gasteiger partial charge on any atom is -0.491 e. The third-order valence-corrected chi connectivity index (χ3v) is 19.4. The van der Waals surface area contributed by atoms with Gasteiger partial charge >= 0.3 is 5.97 Å². The van der Waals surface area contributed by atoms with Gasteiger partial charge in [0.15, 0.2) is 39.2 Å². The van der Waals surface area contributed by atoms with Crippen molar-refractivity contribution in [2.45, 2.75) is 130 Å². The number of halogens is 1. The van der Waals surface area contributed by atoms with Crippen LogP contribution in [0.15, 0.2) is 72.2 Å². The highest BCUT2D eigenvalue weighted by Gasteiger charge is 2.45. The molecule has 3 aliphatic heterocycles. The first-order valence-corrected chi connectivity index (χ1v) is 32.8. The molecule has 1 unspecified atom stereocenters. The molecule has 2 fully saturated rings. The summed E-state index contributed by atoms with van der Waals surface area (Å²) >= 11 is 4.41. The van der Waals surface area contributed by atoms with Crippen molar-refractivity contribution in [3.8, 4) is 28.0 Å². The number of carboxylic acids is 1. The normalized spacial score (nSPS) is 16.7. The highest BCUT2D eigenvalue weighted by atomic mass is 32.1. The minimum absolute atomic E-state index is 0.0195. The van der Waals surface area contributed by atoms with E-state index in [1.54, 1.807) is 34.8 Å². The van der Waals surface area contributed by atoms with Gasteiger partial charge in [0.25, 0.3) is 0 Å². The topological polar surface area (TPSA) is 249 Å². The van der Waals surface area contributed by atoms with E-state index in [1.165, 1.54) is 22.3 Å². The van der Waals surface area contributed by atoms with E-state index >= 15 is 4.39 Å². The van der Waals surface area contributed by atoms with E-state index in [0.29, 0.717) is 105 Å². The van der Waals surface area contributed by atoms with Crippen molar-refractivity contribution in [3.63, 3.8) is 0 Å². The molecule has 2 saturated heterocycles. The van der Waals surface area contributed by atoms with E-state index < -0.39 is 41.3 Å². The Bertz CT molecular complexity index is 3740. The lowest BCUT2D eigenvalue weighted by Gasteiger charge is -2.35. The number of hydrogen-bond donors (Lipinski definition) is 5. The molecule has 10 rings (SSSR count). The van der Waals surface area contributed by atoms with Crippen LogP contribution in [0.4, 0.5) is 26.3 Å². The lowest BCUT2D eigenvalue weighted by Crippen LogP contribution is -2.57. The Morgan fingerprint density at radius 1 is 0.899 bits per heavy atom. The van der Waals surface area contributed by atoms with Gasteiger partial charge in [0.05, 0.1) is 51.6 Å². The van der Waals surface area contributed by atoms with Gasteiger partial charge < -0.3 is 45.6 Å². The van der Waals surface area contributed by atoms with Crippen LogP contribution in [0.5, 0.6) is 5.75 Å². The SMILES string of the molecule is Cc1ncsc1-c1ccc([C@H](C)NC(=O)[C@@H]2C[C@@H](O)CN2C(=O)C(NC(=O)CCCCCC(=O)N2CCN(CC#Cc3ccc(OCCCc4sc(N5CCCc6c5nnc(Nc5nc7ccccc7s5)c6C)nc4C(=O)O)c(F)c3)CC2)C(C)(C)C)cc1. The number of aromatic nitrogens is 5. The predicted molar refractivity (Wildman–Crippen MR) is 344 cm³/mol. The lowest BCUT2D eigenvalue weighted by atomic mass is 9.85. The summed E-state index contributed by atoms with van der Waals surface area (Å²) in [5.74, 6) is 4.81. The molecule has 20 nitrogen and oxygen atoms in total. The van der Waals surface area contributed by atoms with Gasteiger partial charge in [-0.05, 0) is 106 Å². The molecule has 0 bridgehead atoms. The van der Waals surface area contributed by atoms with Gasteiger partial charge in [-0.3, -0.25) is 24.1 Å². The first-order valence-electron chi connectivity index (χ1n) is 30.3. The number of ether oxygens (including phenoxy) is 1. The van der Waals surface area contributed by atoms with E-state index in [9.17, 15) is 34.2 Å². The predicted octanol–water partition coefficient (Wildman–Crippen LogP) is 9.78. The Kier molecular flexibility index (Phi) is 20.6. The quantitative estimate of drug-likeness (QED) is 0.0313. The van der Waals surface area contributed by atoms with E-state index in [-0.39, 0.29) is 61.2 Å². The third kappa shape index (κ3) is 15.7. The Balaban J connectivity index is 0.615. The molecule has 4 aromatic heterocycles. The minimum atomic E-state index is -1.13. The van der Waals surface area contributed by atoms with Crippen LogP contribution in [-0.2, 0) is 32.0 Å². The largest absolute Gasteiger partial charge is 0.491 e. The maximum atomic E-state index is 15.3. The molecule has 0 radical (unpaired) electrons. The summed E-state index contributed by atoms with van der Waals surface area (Å²) in [7, 11) is 0. The van der Waals surface area contributed by atoms with Crippen LogP contribution in [-0.4, -0.2) is 150 Å². The highest BCUT2D eigenvalue weighted by molar-refractivity contribution is 7.22. The Labute approximate surface area is 529 Å². The zero-order chi connectivity index (χ0) is 62.9. The van der Waals surface area contributed by atoms with Crippen LogP contribution in [0.1, 0.15) is 128 Å². The fourth-order valence-corrected chi connectivity index (χ4v) is 14.2. The number of benzene rings is 3. The van der Waals surface area contributed by atoms with Gasteiger partial charge in [-0.2, -0.15) is 0 Å². The van der Waals surface area contributed by atoms with Crippen molar-refractivity contribution in [3.05, 3.63) is 117 Å². The van der Waals surface area contributed by atoms with Crippen LogP contribution in [0.3, 0.4) is 0 Å². The molecule has 0 saturated carbocycles. The summed E-state index contributed by atoms with van der Waals surface area (Å²) in [6, 6.07) is 18.2. The number of para-hydroxylation sites is 1. The van der Waals surface area contributed by atoms with Gasteiger partial charge in [-0.25, -0.2) is 24.1 Å². The summed E-state index contributed by atoms with van der Waals surface area (Å²) in [5, 5.41) is 40.5. The monoisotopic (exact) mass is 1270 g/mol. The van der Waals surface area contributed by atoms with Crippen molar-refractivity contribution in [1.29, 1.82) is 0 Å². The highest BCUT2D eigenvalue weighted by Crippen LogP contribution is 2.40. The molecule has 4 atom stereocenters. The number of piperazine rings is 1. The number of β-amino-alcohol motifs (C(OH)–C–C–N with tert-alkyl or cyclic N) is 1. The zero-order valence-corrected chi connectivity index (χ0v) is 53.4. The molecule has 7 aromatic rings. The van der Waals surface area contributed by atoms with Crippen molar-refractivity contribution in [1.82, 2.24) is 50.5 Å². The first-order chi connectivity index (χ1) is 42.8. The smallest absolute Gasteiger partial charge is 0.355 e. The maximum Gasteiger partial charge on any atom is 0.355 e. The average Bonchev–Trinajstić information content (AvgIpc) is 2.05. The van der Waals surface area contributed by atoms with E-state index in [2.05, 4.69) is 57.8 Å². The summed E-state index contributed by atoms with van der Waals surface area (Å²) in [6.07, 6.45) is 3.90. The number of anilines is 4. The van der Waals surface area contributed by atoms with Gasteiger partial charge in [0.1, 0.15) is 12.1 Å². The van der Waals surface area contributed by atoms with E-state index in [0.717, 1.165) is 61.0 Å². The second kappa shape index (κ2) is 28.7. The standard InChI is InChI=1S/C65H75FN12O8S3/c1-39-46-16-13-29-77(59(46)74-73-58(39)72-63-69-48-17-10-11-18-51(48)88-63)64-71-55(62(84)85)52(89-64)19-14-34-86-50-27-22-42(35-47(50)66)15-12-28-75-30-32-76(33-31-75)54(81)21-9-7-8-20-53(80)70-57(65(4,5)6)61(83)78-37-45(79)36-49(78)60(82)68-40(2)43-23-25-44(26-24-43)56-41(3)67-38-87-56/h10-11,17-18,22-27,35,38,40,45,49,57,79H,7-9,13-14,16,19-21,28-34,36-37H2,1-6H3,(H,68,82)(H,70,80)(H,84,85)(H,69,72,73)/t40-,45+,49-,57?/m0/s1. The number of carbonyl (C=O) groups is 5. The number of rotatable bonds is 22. The molecule has 3 aromatic carbocycles. The number of nitrogens with one attached hydrogen (secondary N) is 3. The second-order valence-electron chi connectivity index (χ2n) is 23.9. The number of carbonyl (C=O) groups excluding carboxylic acids is 4. The number of hydrogen-bond acceptors (Lipinski definition) is 18. The molecule has 0 aliphatic carbocycles. The molecule has 0 spiro atoms. The van der Waals surface area contributed by atoms with E-state index in [4.69, 9.17) is 4.74 Å². The number of likely N-dealkylation sites (tertiary alicyclic amines) is 1. The van der Waals surface area contributed by atoms with Crippen LogP contribution < -0.4 is 25.6 Å². The van der Waals surface area contributed by atoms with Crippen LogP contribution >= 0.6 is 34.0 Å². The number of carboxylic acid groups (broad SMARTS) is 1. The maximum absolute atomic E-state index is 15.3. The average molecular weight is 1270 g/mol. The number of aryl methyl sites for hydroxylation is 2. The third-order valence-electron chi connectivity index (χ3n) is 16.4. The molecule has 89 heavy (non-hydrogen) atoms. The number of aromatic carboxylic acids is 1. The van der Waals surface area contributed by atoms with E-state index in [1.807, 2.05) is 105 Å². The number of nitrogens with zero attached hydrogens (tertiary/aromatic N) is 9. The molecule has 24 heteroatoms. The van der Waals surface area contributed by atoms with Crippen molar-refractivity contribution >= 4 is 95.7 Å². The Morgan fingerprint density at radius 2 is 1.67 bits per heavy atom.